The van der Waals surface area contributed by atoms with Crippen molar-refractivity contribution in [2.45, 2.75) is 0 Å². The van der Waals surface area contributed by atoms with Crippen molar-refractivity contribution in [3.8, 4) is 0 Å². The molecule has 38 valence electrons. The minimum absolute atomic E-state index is 0. The molecule has 5 nitrogen and oxygen atoms in total. The molecule has 6 heteroatoms. The maximum atomic E-state index is 4.69. The molecule has 0 spiro atoms. The molecule has 7 N–H and O–H groups in total. The van der Waals surface area contributed by atoms with Crippen LogP contribution in [0.4, 0.5) is 0 Å². The Morgan fingerprint density at radius 2 is 1.43 bits per heavy atom. The Bertz CT molecular complexity index is 49.7. The van der Waals surface area contributed by atoms with E-state index in [-0.39, 0.29) is 41.0 Å². The SMILES string of the molecule is NN=C(N)N.[Na+].[OH-]. The van der Waals surface area contributed by atoms with E-state index in [0.717, 1.165) is 0 Å². The second kappa shape index (κ2) is 9.39. The largest absolute Gasteiger partial charge is 1.00 e. The molecular weight excluding hydrogens is 107 g/mol. The fourth-order valence-corrected chi connectivity index (χ4v) is 0. The van der Waals surface area contributed by atoms with Crippen LogP contribution in [0.25, 0.3) is 0 Å². The molecule has 0 saturated carbocycles. The van der Waals surface area contributed by atoms with Crippen LogP contribution in [0.5, 0.6) is 0 Å². The van der Waals surface area contributed by atoms with Crippen LogP contribution < -0.4 is 46.9 Å². The smallest absolute Gasteiger partial charge is 0.870 e. The first-order chi connectivity index (χ1) is 2.27. The molecule has 0 radical (unpaired) electrons. The maximum Gasteiger partial charge on any atom is 1.00 e. The van der Waals surface area contributed by atoms with Gasteiger partial charge >= 0.3 is 29.6 Å². The van der Waals surface area contributed by atoms with E-state index in [1.807, 2.05) is 0 Å². The first-order valence-electron chi connectivity index (χ1n) is 1.06. The normalized spacial score (nSPS) is 4.57. The number of nitrogens with zero attached hydrogens (tertiary/aromatic N) is 1. The van der Waals surface area contributed by atoms with E-state index < -0.39 is 0 Å². The molecule has 0 aliphatic heterocycles. The Morgan fingerprint density at radius 1 is 1.29 bits per heavy atom. The fourth-order valence-electron chi connectivity index (χ4n) is 0. The van der Waals surface area contributed by atoms with Crippen molar-refractivity contribution in [3.05, 3.63) is 0 Å². The Hall–Kier alpha value is 0.0300. The first kappa shape index (κ1) is 15.7. The Balaban J connectivity index is -0.0000000800. The monoisotopic (exact) mass is 114 g/mol. The van der Waals surface area contributed by atoms with E-state index >= 15 is 0 Å². The minimum atomic E-state index is -0.0926. The molecule has 0 aromatic heterocycles. The molecular formula is CH7N4NaO. The van der Waals surface area contributed by atoms with Gasteiger partial charge in [0.15, 0.2) is 0 Å². The zero-order valence-electron chi connectivity index (χ0n) is 4.13. The van der Waals surface area contributed by atoms with E-state index in [1.165, 1.54) is 0 Å². The van der Waals surface area contributed by atoms with Crippen molar-refractivity contribution in [1.82, 2.24) is 0 Å². The molecule has 0 heterocycles. The third-order valence-corrected chi connectivity index (χ3v) is 0.149. The van der Waals surface area contributed by atoms with Gasteiger partial charge in [0.25, 0.3) is 0 Å². The number of guanidine groups is 1. The van der Waals surface area contributed by atoms with E-state index in [2.05, 4.69) is 10.9 Å². The van der Waals surface area contributed by atoms with Gasteiger partial charge in [0.2, 0.25) is 5.96 Å². The third-order valence-electron chi connectivity index (χ3n) is 0.149. The van der Waals surface area contributed by atoms with Crippen LogP contribution in [0.1, 0.15) is 0 Å². The van der Waals surface area contributed by atoms with Crippen molar-refractivity contribution >= 4 is 5.96 Å². The Kier molecular flexibility index (Phi) is 21.1. The van der Waals surface area contributed by atoms with Crippen LogP contribution in [0, 0.1) is 0 Å². The maximum absolute atomic E-state index is 4.69. The van der Waals surface area contributed by atoms with Gasteiger partial charge in [0.05, 0.1) is 0 Å². The van der Waals surface area contributed by atoms with E-state index in [0.29, 0.717) is 0 Å². The van der Waals surface area contributed by atoms with E-state index in [4.69, 9.17) is 11.5 Å². The number of hydrazone groups is 1. The topological polar surface area (TPSA) is 120 Å². The molecule has 0 atom stereocenters. The quantitative estimate of drug-likeness (QED) is 0.0959. The van der Waals surface area contributed by atoms with E-state index in [1.54, 1.807) is 0 Å². The third kappa shape index (κ3) is 23.8. The van der Waals surface area contributed by atoms with Crippen molar-refractivity contribution in [2.24, 2.45) is 22.4 Å². The second-order valence-electron chi connectivity index (χ2n) is 0.554. The molecule has 0 aliphatic carbocycles. The molecule has 0 saturated heterocycles. The average molecular weight is 114 g/mol. The predicted molar refractivity (Wildman–Crippen MR) is 21.9 cm³/mol. The number of hydrogen-bond acceptors (Lipinski definition) is 3. The summed E-state index contributed by atoms with van der Waals surface area (Å²) in [7, 11) is 0. The standard InChI is InChI=1S/CH6N4.Na.H2O/c2-1(3)5-4;;/h4H2,(H4,2,3,5);;1H2/q;+1;/p-1. The van der Waals surface area contributed by atoms with Gasteiger partial charge in [0.1, 0.15) is 0 Å². The van der Waals surface area contributed by atoms with Crippen LogP contribution in [-0.4, -0.2) is 11.4 Å². The summed E-state index contributed by atoms with van der Waals surface area (Å²) in [6, 6.07) is 0. The van der Waals surface area contributed by atoms with Gasteiger partial charge in [-0.15, -0.1) is 5.10 Å². The molecule has 7 heavy (non-hydrogen) atoms. The second-order valence-corrected chi connectivity index (χ2v) is 0.554. The molecule has 0 bridgehead atoms. The molecule has 0 aromatic carbocycles. The molecule has 0 aliphatic rings. The van der Waals surface area contributed by atoms with E-state index in [9.17, 15) is 0 Å². The fraction of sp³-hybridized carbons (Fsp3) is 0. The van der Waals surface area contributed by atoms with Gasteiger partial charge in [-0.25, -0.2) is 0 Å². The summed E-state index contributed by atoms with van der Waals surface area (Å²) in [5.41, 5.74) is 9.39. The van der Waals surface area contributed by atoms with Gasteiger partial charge < -0.3 is 22.8 Å². The minimum Gasteiger partial charge on any atom is -0.870 e. The zero-order valence-corrected chi connectivity index (χ0v) is 6.13. The van der Waals surface area contributed by atoms with Crippen molar-refractivity contribution in [2.75, 3.05) is 0 Å². The van der Waals surface area contributed by atoms with Crippen LogP contribution >= 0.6 is 0 Å². The molecule has 0 amide bonds. The number of nitrogens with two attached hydrogens (primary N) is 3. The number of rotatable bonds is 0. The summed E-state index contributed by atoms with van der Waals surface area (Å²) in [5, 5.41) is 2.86. The summed E-state index contributed by atoms with van der Waals surface area (Å²) >= 11 is 0. The zero-order chi connectivity index (χ0) is 4.28. The van der Waals surface area contributed by atoms with Gasteiger partial charge in [-0.1, -0.05) is 0 Å². The Morgan fingerprint density at radius 3 is 1.43 bits per heavy atom. The van der Waals surface area contributed by atoms with Crippen LogP contribution in [0.3, 0.4) is 0 Å². The van der Waals surface area contributed by atoms with Gasteiger partial charge in [-0.2, -0.15) is 0 Å². The molecule has 0 aromatic rings. The average Bonchev–Trinajstić information content (AvgIpc) is 1.38. The van der Waals surface area contributed by atoms with Crippen molar-refractivity contribution < 1.29 is 35.0 Å². The summed E-state index contributed by atoms with van der Waals surface area (Å²) in [4.78, 5) is 0. The summed E-state index contributed by atoms with van der Waals surface area (Å²) in [6.45, 7) is 0. The summed E-state index contributed by atoms with van der Waals surface area (Å²) in [6.07, 6.45) is 0. The van der Waals surface area contributed by atoms with Gasteiger partial charge in [-0.3, -0.25) is 0 Å². The van der Waals surface area contributed by atoms with Crippen LogP contribution in [0.2, 0.25) is 0 Å². The van der Waals surface area contributed by atoms with Gasteiger partial charge in [0, 0.05) is 0 Å². The van der Waals surface area contributed by atoms with Crippen LogP contribution in [-0.2, 0) is 0 Å². The molecule has 0 fully saturated rings. The molecule has 0 unspecified atom stereocenters. The number of hydrogen-bond donors (Lipinski definition) is 3. The van der Waals surface area contributed by atoms with Crippen LogP contribution in [0.15, 0.2) is 5.10 Å². The Labute approximate surface area is 63.5 Å². The van der Waals surface area contributed by atoms with Gasteiger partial charge in [-0.05, 0) is 0 Å². The molecule has 0 rings (SSSR count). The summed E-state index contributed by atoms with van der Waals surface area (Å²) < 4.78 is 0. The first-order valence-corrected chi connectivity index (χ1v) is 1.06. The van der Waals surface area contributed by atoms with Crippen molar-refractivity contribution in [3.63, 3.8) is 0 Å². The van der Waals surface area contributed by atoms with Crippen molar-refractivity contribution in [1.29, 1.82) is 0 Å². The predicted octanol–water partition coefficient (Wildman–Crippen LogP) is -5.04. The summed E-state index contributed by atoms with van der Waals surface area (Å²) in [5.74, 6) is 4.42.